The van der Waals surface area contributed by atoms with Crippen LogP contribution in [0, 0.1) is 6.92 Å². The molecule has 2 aliphatic heterocycles. The number of ether oxygens (including phenoxy) is 2. The molecule has 1 aromatic carbocycles. The fourth-order valence-corrected chi connectivity index (χ4v) is 3.91. The molecule has 2 fully saturated rings. The van der Waals surface area contributed by atoms with Gasteiger partial charge in [-0.3, -0.25) is 4.68 Å². The van der Waals surface area contributed by atoms with E-state index in [1.807, 2.05) is 12.4 Å². The monoisotopic (exact) mass is 394 g/mol. The summed E-state index contributed by atoms with van der Waals surface area (Å²) < 4.78 is 12.9. The first-order valence-corrected chi connectivity index (χ1v) is 10.2. The molecule has 3 aromatic rings. The Kier molecular flexibility index (Phi) is 4.81. The molecule has 5 rings (SSSR count). The number of hydrogen-bond acceptors (Lipinski definition) is 7. The number of anilines is 3. The predicted octanol–water partition coefficient (Wildman–Crippen LogP) is 3.06. The van der Waals surface area contributed by atoms with Gasteiger partial charge in [-0.25, -0.2) is 9.97 Å². The SMILES string of the molecule is Cc1c(Nc2ncc3ccc(N(C)C4COC4)cc3n2)cnn1C1CCOCC1. The molecular weight excluding hydrogens is 368 g/mol. The minimum Gasteiger partial charge on any atom is -0.381 e. The quantitative estimate of drug-likeness (QED) is 0.713. The van der Waals surface area contributed by atoms with Gasteiger partial charge in [-0.05, 0) is 38.0 Å². The topological polar surface area (TPSA) is 77.3 Å². The highest BCUT2D eigenvalue weighted by atomic mass is 16.5. The van der Waals surface area contributed by atoms with Crippen LogP contribution < -0.4 is 10.2 Å². The summed E-state index contributed by atoms with van der Waals surface area (Å²) >= 11 is 0. The lowest BCUT2D eigenvalue weighted by Crippen LogP contribution is -2.47. The number of likely N-dealkylation sites (N-methyl/N-ethyl adjacent to an activating group) is 1. The van der Waals surface area contributed by atoms with E-state index in [9.17, 15) is 0 Å². The second-order valence-corrected chi connectivity index (χ2v) is 7.80. The predicted molar refractivity (Wildman–Crippen MR) is 112 cm³/mol. The molecule has 0 bridgehead atoms. The van der Waals surface area contributed by atoms with Gasteiger partial charge in [0.2, 0.25) is 5.95 Å². The van der Waals surface area contributed by atoms with Crippen LogP contribution in [0.15, 0.2) is 30.6 Å². The number of nitrogens with zero attached hydrogens (tertiary/aromatic N) is 5. The summed E-state index contributed by atoms with van der Waals surface area (Å²) in [5.41, 5.74) is 4.09. The fraction of sp³-hybridized carbons (Fsp3) is 0.476. The van der Waals surface area contributed by atoms with E-state index >= 15 is 0 Å². The van der Waals surface area contributed by atoms with Crippen molar-refractivity contribution in [2.75, 3.05) is 43.7 Å². The molecule has 4 heterocycles. The molecule has 2 saturated heterocycles. The standard InChI is InChI=1S/C21H26N6O2/c1-14-20(11-23-27(14)16-5-7-28-8-6-16)25-21-22-10-15-3-4-17(9-19(15)24-21)26(2)18-12-29-13-18/h3-4,9-11,16,18H,5-8,12-13H2,1-2H3,(H,22,24,25). The first-order chi connectivity index (χ1) is 14.2. The maximum atomic E-state index is 5.47. The van der Waals surface area contributed by atoms with Crippen molar-refractivity contribution in [1.29, 1.82) is 0 Å². The number of hydrogen-bond donors (Lipinski definition) is 1. The maximum Gasteiger partial charge on any atom is 0.227 e. The lowest BCUT2D eigenvalue weighted by Gasteiger charge is -2.36. The lowest BCUT2D eigenvalue weighted by molar-refractivity contribution is 0.0101. The van der Waals surface area contributed by atoms with Gasteiger partial charge in [0.15, 0.2) is 0 Å². The van der Waals surface area contributed by atoms with E-state index < -0.39 is 0 Å². The number of fused-ring (bicyclic) bond motifs is 1. The number of benzene rings is 1. The van der Waals surface area contributed by atoms with Crippen molar-refractivity contribution >= 4 is 28.2 Å². The van der Waals surface area contributed by atoms with E-state index in [0.29, 0.717) is 18.0 Å². The van der Waals surface area contributed by atoms with Crippen LogP contribution in [-0.2, 0) is 9.47 Å². The smallest absolute Gasteiger partial charge is 0.227 e. The molecule has 152 valence electrons. The van der Waals surface area contributed by atoms with Crippen LogP contribution >= 0.6 is 0 Å². The van der Waals surface area contributed by atoms with E-state index in [1.54, 1.807) is 0 Å². The summed E-state index contributed by atoms with van der Waals surface area (Å²) in [4.78, 5) is 11.5. The van der Waals surface area contributed by atoms with Crippen molar-refractivity contribution in [3.05, 3.63) is 36.3 Å². The van der Waals surface area contributed by atoms with Crippen molar-refractivity contribution < 1.29 is 9.47 Å². The van der Waals surface area contributed by atoms with Crippen LogP contribution in [0.5, 0.6) is 0 Å². The fourth-order valence-electron chi connectivity index (χ4n) is 3.91. The van der Waals surface area contributed by atoms with E-state index in [0.717, 1.165) is 67.2 Å². The third-order valence-electron chi connectivity index (χ3n) is 5.97. The van der Waals surface area contributed by atoms with Crippen molar-refractivity contribution in [3.8, 4) is 0 Å². The summed E-state index contributed by atoms with van der Waals surface area (Å²) in [6, 6.07) is 7.12. The van der Waals surface area contributed by atoms with Gasteiger partial charge < -0.3 is 19.7 Å². The van der Waals surface area contributed by atoms with E-state index in [4.69, 9.17) is 14.5 Å². The van der Waals surface area contributed by atoms with Crippen molar-refractivity contribution in [2.45, 2.75) is 31.8 Å². The highest BCUT2D eigenvalue weighted by molar-refractivity contribution is 5.83. The largest absolute Gasteiger partial charge is 0.381 e. The second kappa shape index (κ2) is 7.61. The van der Waals surface area contributed by atoms with Gasteiger partial charge in [-0.1, -0.05) is 0 Å². The van der Waals surface area contributed by atoms with Gasteiger partial charge >= 0.3 is 0 Å². The van der Waals surface area contributed by atoms with Crippen molar-refractivity contribution in [1.82, 2.24) is 19.7 Å². The van der Waals surface area contributed by atoms with Crippen LogP contribution in [0.1, 0.15) is 24.6 Å². The Morgan fingerprint density at radius 3 is 2.72 bits per heavy atom. The van der Waals surface area contributed by atoms with Crippen LogP contribution in [0.4, 0.5) is 17.3 Å². The Bertz CT molecular complexity index is 1010. The Morgan fingerprint density at radius 1 is 1.14 bits per heavy atom. The molecule has 0 atom stereocenters. The van der Waals surface area contributed by atoms with Crippen LogP contribution in [0.25, 0.3) is 10.9 Å². The minimum absolute atomic E-state index is 0.394. The summed E-state index contributed by atoms with van der Waals surface area (Å²) in [6.45, 7) is 5.23. The molecule has 29 heavy (non-hydrogen) atoms. The first-order valence-electron chi connectivity index (χ1n) is 10.2. The third-order valence-corrected chi connectivity index (χ3v) is 5.97. The summed E-state index contributed by atoms with van der Waals surface area (Å²) in [5.74, 6) is 0.582. The molecule has 0 radical (unpaired) electrons. The normalized spacial score (nSPS) is 18.0. The number of nitrogens with one attached hydrogen (secondary N) is 1. The van der Waals surface area contributed by atoms with Crippen molar-refractivity contribution in [3.63, 3.8) is 0 Å². The zero-order chi connectivity index (χ0) is 19.8. The van der Waals surface area contributed by atoms with E-state index in [2.05, 4.69) is 57.2 Å². The average molecular weight is 394 g/mol. The Morgan fingerprint density at radius 2 is 1.97 bits per heavy atom. The molecule has 0 saturated carbocycles. The zero-order valence-corrected chi connectivity index (χ0v) is 16.8. The molecule has 0 amide bonds. The lowest BCUT2D eigenvalue weighted by atomic mass is 10.1. The summed E-state index contributed by atoms with van der Waals surface area (Å²) in [5, 5.41) is 8.96. The second-order valence-electron chi connectivity index (χ2n) is 7.80. The van der Waals surface area contributed by atoms with Crippen LogP contribution in [0.2, 0.25) is 0 Å². The Hall–Kier alpha value is -2.71. The molecule has 0 aliphatic carbocycles. The molecule has 0 spiro atoms. The molecule has 8 heteroatoms. The van der Waals surface area contributed by atoms with Gasteiger partial charge in [0.1, 0.15) is 0 Å². The van der Waals surface area contributed by atoms with Gasteiger partial charge in [0.05, 0.1) is 48.4 Å². The number of aromatic nitrogens is 4. The van der Waals surface area contributed by atoms with E-state index in [-0.39, 0.29) is 0 Å². The third kappa shape index (κ3) is 3.54. The first kappa shape index (κ1) is 18.3. The summed E-state index contributed by atoms with van der Waals surface area (Å²) in [6.07, 6.45) is 5.71. The summed E-state index contributed by atoms with van der Waals surface area (Å²) in [7, 11) is 2.10. The van der Waals surface area contributed by atoms with Gasteiger partial charge in [0.25, 0.3) is 0 Å². The van der Waals surface area contributed by atoms with Gasteiger partial charge in [-0.15, -0.1) is 0 Å². The Balaban J connectivity index is 1.38. The van der Waals surface area contributed by atoms with Crippen molar-refractivity contribution in [2.24, 2.45) is 0 Å². The molecule has 2 aromatic heterocycles. The molecule has 0 unspecified atom stereocenters. The molecule has 8 nitrogen and oxygen atoms in total. The van der Waals surface area contributed by atoms with E-state index in [1.165, 1.54) is 0 Å². The zero-order valence-electron chi connectivity index (χ0n) is 16.8. The molecule has 1 N–H and O–H groups in total. The molecule has 2 aliphatic rings. The molecular formula is C21H26N6O2. The van der Waals surface area contributed by atoms with Crippen LogP contribution in [-0.4, -0.2) is 59.3 Å². The van der Waals surface area contributed by atoms with Gasteiger partial charge in [0, 0.05) is 37.5 Å². The number of rotatable bonds is 5. The van der Waals surface area contributed by atoms with Crippen LogP contribution in [0.3, 0.4) is 0 Å². The van der Waals surface area contributed by atoms with Gasteiger partial charge in [-0.2, -0.15) is 5.10 Å². The highest BCUT2D eigenvalue weighted by Gasteiger charge is 2.23. The maximum absolute atomic E-state index is 5.47. The highest BCUT2D eigenvalue weighted by Crippen LogP contribution is 2.28. The average Bonchev–Trinajstić information content (AvgIpc) is 3.07. The Labute approximate surface area is 169 Å². The minimum atomic E-state index is 0.394.